The predicted molar refractivity (Wildman–Crippen MR) is 136 cm³/mol. The van der Waals surface area contributed by atoms with Crippen LogP contribution in [0.4, 0.5) is 0 Å². The monoisotopic (exact) mass is 474 g/mol. The van der Waals surface area contributed by atoms with Gasteiger partial charge in [-0.05, 0) is 85.3 Å². The molecule has 2 aliphatic rings. The Bertz CT molecular complexity index is 1110. The number of carbonyl (C=O) groups excluding carboxylic acids is 1. The molecule has 3 aromatic rings. The van der Waals surface area contributed by atoms with Gasteiger partial charge in [-0.25, -0.2) is 0 Å². The molecule has 2 fully saturated rings. The first-order valence-corrected chi connectivity index (χ1v) is 12.5. The van der Waals surface area contributed by atoms with Gasteiger partial charge in [-0.2, -0.15) is 0 Å². The van der Waals surface area contributed by atoms with E-state index in [2.05, 4.69) is 34.5 Å². The first-order valence-electron chi connectivity index (χ1n) is 12.1. The fourth-order valence-corrected chi connectivity index (χ4v) is 5.53. The van der Waals surface area contributed by atoms with Gasteiger partial charge >= 0.3 is 0 Å². The van der Waals surface area contributed by atoms with Gasteiger partial charge in [0.15, 0.2) is 5.78 Å². The molecule has 176 valence electrons. The molecule has 1 unspecified atom stereocenters. The first-order chi connectivity index (χ1) is 16.6. The van der Waals surface area contributed by atoms with Crippen LogP contribution in [-0.4, -0.2) is 36.4 Å². The third-order valence-corrected chi connectivity index (χ3v) is 7.49. The molecule has 1 spiro atoms. The van der Waals surface area contributed by atoms with Crippen molar-refractivity contribution >= 4 is 17.4 Å². The van der Waals surface area contributed by atoms with Gasteiger partial charge in [0.25, 0.3) is 0 Å². The largest absolute Gasteiger partial charge is 0.489 e. The third kappa shape index (κ3) is 5.35. The van der Waals surface area contributed by atoms with Gasteiger partial charge in [-0.1, -0.05) is 54.1 Å². The van der Waals surface area contributed by atoms with Gasteiger partial charge in [0.05, 0.1) is 6.04 Å². The van der Waals surface area contributed by atoms with E-state index in [1.807, 2.05) is 54.6 Å². The molecule has 1 atom stereocenters. The van der Waals surface area contributed by atoms with Crippen LogP contribution in [0, 0.1) is 5.41 Å². The number of ether oxygens (including phenoxy) is 1. The van der Waals surface area contributed by atoms with Crippen LogP contribution in [0.2, 0.25) is 5.02 Å². The molecule has 0 radical (unpaired) electrons. The van der Waals surface area contributed by atoms with Gasteiger partial charge in [-0.3, -0.25) is 9.69 Å². The summed E-state index contributed by atoms with van der Waals surface area (Å²) in [4.78, 5) is 16.0. The number of piperidine rings is 1. The molecular formula is C29H31ClN2O2. The number of ketones is 1. The van der Waals surface area contributed by atoms with Crippen molar-refractivity contribution in [1.82, 2.24) is 10.2 Å². The second-order valence-electron chi connectivity index (χ2n) is 9.67. The van der Waals surface area contributed by atoms with E-state index in [4.69, 9.17) is 16.3 Å². The highest BCUT2D eigenvalue weighted by Gasteiger charge is 2.46. The molecule has 3 aromatic carbocycles. The van der Waals surface area contributed by atoms with Crippen LogP contribution in [0.3, 0.4) is 0 Å². The predicted octanol–water partition coefficient (Wildman–Crippen LogP) is 5.75. The molecule has 5 heteroatoms. The minimum Gasteiger partial charge on any atom is -0.489 e. The summed E-state index contributed by atoms with van der Waals surface area (Å²) in [6, 6.07) is 25.7. The topological polar surface area (TPSA) is 41.6 Å². The zero-order valence-corrected chi connectivity index (χ0v) is 20.1. The molecule has 4 nitrogen and oxygen atoms in total. The number of nitrogens with one attached hydrogen (secondary N) is 1. The summed E-state index contributed by atoms with van der Waals surface area (Å²) in [6.45, 7) is 4.29. The van der Waals surface area contributed by atoms with Crippen molar-refractivity contribution in [2.75, 3.05) is 19.6 Å². The Morgan fingerprint density at radius 2 is 1.71 bits per heavy atom. The van der Waals surface area contributed by atoms with Gasteiger partial charge in [0.2, 0.25) is 0 Å². The lowest BCUT2D eigenvalue weighted by Gasteiger charge is -2.33. The lowest BCUT2D eigenvalue weighted by Crippen LogP contribution is -2.38. The molecule has 2 heterocycles. The van der Waals surface area contributed by atoms with Crippen molar-refractivity contribution in [3.8, 4) is 5.75 Å². The Kier molecular flexibility index (Phi) is 7.00. The summed E-state index contributed by atoms with van der Waals surface area (Å²) in [6.07, 6.45) is 3.16. The molecule has 2 saturated heterocycles. The minimum atomic E-state index is -0.117. The Balaban J connectivity index is 1.33. The molecule has 2 aliphatic heterocycles. The second-order valence-corrected chi connectivity index (χ2v) is 10.1. The van der Waals surface area contributed by atoms with Crippen molar-refractivity contribution in [2.24, 2.45) is 5.41 Å². The van der Waals surface area contributed by atoms with Gasteiger partial charge in [0.1, 0.15) is 12.4 Å². The molecular weight excluding hydrogens is 444 g/mol. The number of hydrogen-bond donors (Lipinski definition) is 1. The fourth-order valence-electron chi connectivity index (χ4n) is 5.40. The highest BCUT2D eigenvalue weighted by atomic mass is 35.5. The molecule has 0 aliphatic carbocycles. The van der Waals surface area contributed by atoms with E-state index < -0.39 is 0 Å². The van der Waals surface area contributed by atoms with Crippen LogP contribution in [0.25, 0.3) is 0 Å². The summed E-state index contributed by atoms with van der Waals surface area (Å²) in [5.74, 6) is 1.06. The maximum absolute atomic E-state index is 13.6. The molecule has 0 amide bonds. The second kappa shape index (κ2) is 10.3. The van der Waals surface area contributed by atoms with E-state index in [0.717, 1.165) is 62.3 Å². The summed E-state index contributed by atoms with van der Waals surface area (Å²) < 4.78 is 6.06. The number of Topliss-reactive ketones (excluding diaryl/α,β-unsaturated/α-hetero) is 1. The average molecular weight is 475 g/mol. The lowest BCUT2D eigenvalue weighted by atomic mass is 9.76. The summed E-state index contributed by atoms with van der Waals surface area (Å²) in [7, 11) is 0. The molecule has 1 N–H and O–H groups in total. The van der Waals surface area contributed by atoms with Gasteiger partial charge in [-0.15, -0.1) is 0 Å². The number of likely N-dealkylation sites (tertiary alicyclic amines) is 1. The number of rotatable bonds is 7. The highest BCUT2D eigenvalue weighted by Crippen LogP contribution is 2.43. The standard InChI is InChI=1S/C29H31ClN2O2/c30-25-11-9-24(10-12-25)28(33)27-18-29(13-15-31-16-14-29)21-32(27)19-23-7-4-8-26(17-23)34-20-22-5-2-1-3-6-22/h1-12,17,27,31H,13-16,18-21H2. The maximum atomic E-state index is 13.6. The van der Waals surface area contributed by atoms with Crippen LogP contribution in [0.5, 0.6) is 5.75 Å². The normalized spacial score (nSPS) is 19.9. The first kappa shape index (κ1) is 23.1. The molecule has 5 rings (SSSR count). The van der Waals surface area contributed by atoms with Crippen LogP contribution in [-0.2, 0) is 13.2 Å². The van der Waals surface area contributed by atoms with E-state index in [0.29, 0.717) is 11.6 Å². The Labute approximate surface area is 206 Å². The third-order valence-electron chi connectivity index (χ3n) is 7.23. The van der Waals surface area contributed by atoms with E-state index in [1.165, 1.54) is 5.56 Å². The van der Waals surface area contributed by atoms with E-state index in [9.17, 15) is 4.79 Å². The van der Waals surface area contributed by atoms with Crippen molar-refractivity contribution in [3.05, 3.63) is 101 Å². The number of hydrogen-bond acceptors (Lipinski definition) is 4. The quantitative estimate of drug-likeness (QED) is 0.443. The van der Waals surface area contributed by atoms with Crippen LogP contribution >= 0.6 is 11.6 Å². The molecule has 0 aromatic heterocycles. The summed E-state index contributed by atoms with van der Waals surface area (Å²) in [5, 5.41) is 4.14. The Morgan fingerprint density at radius 1 is 0.971 bits per heavy atom. The van der Waals surface area contributed by atoms with E-state index >= 15 is 0 Å². The molecule has 0 bridgehead atoms. The smallest absolute Gasteiger partial charge is 0.179 e. The van der Waals surface area contributed by atoms with Crippen molar-refractivity contribution in [3.63, 3.8) is 0 Å². The maximum Gasteiger partial charge on any atom is 0.179 e. The van der Waals surface area contributed by atoms with Crippen molar-refractivity contribution < 1.29 is 9.53 Å². The number of halogens is 1. The molecule has 0 saturated carbocycles. The lowest BCUT2D eigenvalue weighted by molar-refractivity contribution is 0.0862. The number of carbonyl (C=O) groups is 1. The fraction of sp³-hybridized carbons (Fsp3) is 0.345. The Hall–Kier alpha value is -2.66. The van der Waals surface area contributed by atoms with E-state index in [-0.39, 0.29) is 17.2 Å². The SMILES string of the molecule is O=C(c1ccc(Cl)cc1)C1CC2(CCNCC2)CN1Cc1cccc(OCc2ccccc2)c1. The minimum absolute atomic E-state index is 0.117. The zero-order valence-electron chi connectivity index (χ0n) is 19.4. The van der Waals surface area contributed by atoms with Gasteiger partial charge < -0.3 is 10.1 Å². The van der Waals surface area contributed by atoms with Gasteiger partial charge in [0, 0.05) is 23.7 Å². The van der Waals surface area contributed by atoms with E-state index in [1.54, 1.807) is 0 Å². The zero-order chi connectivity index (χ0) is 23.4. The van der Waals surface area contributed by atoms with Crippen LogP contribution < -0.4 is 10.1 Å². The highest BCUT2D eigenvalue weighted by molar-refractivity contribution is 6.30. The summed E-state index contributed by atoms with van der Waals surface area (Å²) >= 11 is 6.07. The van der Waals surface area contributed by atoms with Crippen LogP contribution in [0.15, 0.2) is 78.9 Å². The van der Waals surface area contributed by atoms with Crippen LogP contribution in [0.1, 0.15) is 40.7 Å². The van der Waals surface area contributed by atoms with Crippen molar-refractivity contribution in [2.45, 2.75) is 38.5 Å². The van der Waals surface area contributed by atoms with Crippen molar-refractivity contribution in [1.29, 1.82) is 0 Å². The average Bonchev–Trinajstić information content (AvgIpc) is 3.21. The number of benzene rings is 3. The summed E-state index contributed by atoms with van der Waals surface area (Å²) in [5.41, 5.74) is 3.27. The Morgan fingerprint density at radius 3 is 2.47 bits per heavy atom. The molecule has 34 heavy (non-hydrogen) atoms. The number of nitrogens with zero attached hydrogens (tertiary/aromatic N) is 1.